The summed E-state index contributed by atoms with van der Waals surface area (Å²) in [5.74, 6) is -0.410. The van der Waals surface area contributed by atoms with Gasteiger partial charge in [-0.05, 0) is 78.0 Å². The van der Waals surface area contributed by atoms with Gasteiger partial charge in [-0.3, -0.25) is 4.79 Å². The molecule has 218 valence electrons. The molecule has 0 spiro atoms. The number of amides is 1. The minimum absolute atomic E-state index is 0.00347. The van der Waals surface area contributed by atoms with E-state index in [1.807, 2.05) is 72.8 Å². The molecule has 0 aliphatic carbocycles. The molecule has 6 heteroatoms. The summed E-state index contributed by atoms with van der Waals surface area (Å²) < 4.78 is 20.7. The van der Waals surface area contributed by atoms with Crippen molar-refractivity contribution in [2.45, 2.75) is 63.9 Å². The van der Waals surface area contributed by atoms with Crippen molar-refractivity contribution in [1.82, 2.24) is 0 Å². The number of hydrogen-bond acceptors (Lipinski definition) is 3. The molecule has 0 unspecified atom stereocenters. The van der Waals surface area contributed by atoms with Gasteiger partial charge in [0.1, 0.15) is 11.6 Å². The second-order valence-corrected chi connectivity index (χ2v) is 17.5. The number of aromatic hydroxyl groups is 1. The SMILES string of the molecule is CC(C)(C)[Si](C)(C)O[C@@H](CC[C@H]1C(=O)N(c2ccccc2)[C@@H]1c1ccc(-c2ccccc2)cc1O)c1ccc(F)cc1. The zero-order chi connectivity index (χ0) is 30.1. The van der Waals surface area contributed by atoms with Gasteiger partial charge in [-0.15, -0.1) is 0 Å². The van der Waals surface area contributed by atoms with Crippen LogP contribution < -0.4 is 4.90 Å². The van der Waals surface area contributed by atoms with E-state index in [4.69, 9.17) is 4.43 Å². The largest absolute Gasteiger partial charge is 0.508 e. The van der Waals surface area contributed by atoms with Crippen LogP contribution in [0.2, 0.25) is 18.1 Å². The second kappa shape index (κ2) is 11.9. The fourth-order valence-electron chi connectivity index (χ4n) is 5.50. The third-order valence-corrected chi connectivity index (χ3v) is 13.4. The van der Waals surface area contributed by atoms with Gasteiger partial charge in [0, 0.05) is 11.3 Å². The number of halogens is 1. The number of rotatable bonds is 9. The van der Waals surface area contributed by atoms with Crippen LogP contribution >= 0.6 is 0 Å². The molecule has 1 aliphatic rings. The average molecular weight is 582 g/mol. The number of nitrogens with zero attached hydrogens (tertiary/aromatic N) is 1. The van der Waals surface area contributed by atoms with Gasteiger partial charge in [-0.2, -0.15) is 0 Å². The molecule has 1 N–H and O–H groups in total. The Morgan fingerprint density at radius 1 is 0.881 bits per heavy atom. The summed E-state index contributed by atoms with van der Waals surface area (Å²) in [6.45, 7) is 11.0. The highest BCUT2D eigenvalue weighted by Gasteiger charge is 2.50. The molecule has 4 aromatic rings. The summed E-state index contributed by atoms with van der Waals surface area (Å²) >= 11 is 0. The van der Waals surface area contributed by atoms with Crippen LogP contribution in [0.1, 0.15) is 56.9 Å². The molecule has 1 amide bonds. The van der Waals surface area contributed by atoms with Crippen molar-refractivity contribution in [3.8, 4) is 16.9 Å². The van der Waals surface area contributed by atoms with Crippen LogP contribution in [-0.2, 0) is 9.22 Å². The van der Waals surface area contributed by atoms with E-state index in [2.05, 4.69) is 33.9 Å². The van der Waals surface area contributed by atoms with Gasteiger partial charge < -0.3 is 14.4 Å². The monoisotopic (exact) mass is 581 g/mol. The number of hydrogen-bond donors (Lipinski definition) is 1. The van der Waals surface area contributed by atoms with Crippen molar-refractivity contribution in [2.24, 2.45) is 5.92 Å². The van der Waals surface area contributed by atoms with Gasteiger partial charge in [0.15, 0.2) is 8.32 Å². The fourth-order valence-corrected chi connectivity index (χ4v) is 6.82. The van der Waals surface area contributed by atoms with E-state index in [9.17, 15) is 14.3 Å². The van der Waals surface area contributed by atoms with E-state index >= 15 is 0 Å². The highest BCUT2D eigenvalue weighted by atomic mass is 28.4. The summed E-state index contributed by atoms with van der Waals surface area (Å²) in [4.78, 5) is 15.5. The Kier molecular flexibility index (Phi) is 8.40. The predicted molar refractivity (Wildman–Crippen MR) is 170 cm³/mol. The van der Waals surface area contributed by atoms with Gasteiger partial charge in [0.25, 0.3) is 0 Å². The molecule has 1 heterocycles. The number of carbonyl (C=O) groups is 1. The lowest BCUT2D eigenvalue weighted by atomic mass is 9.77. The van der Waals surface area contributed by atoms with Gasteiger partial charge in [-0.1, -0.05) is 93.6 Å². The summed E-state index contributed by atoms with van der Waals surface area (Å²) in [5.41, 5.74) is 4.39. The van der Waals surface area contributed by atoms with Gasteiger partial charge in [-0.25, -0.2) is 4.39 Å². The maximum Gasteiger partial charge on any atom is 0.233 e. The number of phenolic OH excluding ortho intramolecular Hbond substituents is 1. The molecular formula is C36H40FNO3Si. The molecule has 4 aromatic carbocycles. The number of benzene rings is 4. The van der Waals surface area contributed by atoms with Crippen molar-refractivity contribution < 1.29 is 18.7 Å². The first-order chi connectivity index (χ1) is 20.0. The molecule has 1 aliphatic heterocycles. The standard InChI is InChI=1S/C36H40FNO3Si/c1-36(2,3)42(4,5)41-33(26-16-19-28(37)20-17-26)23-22-31-34(38(35(31)40)29-14-10-7-11-15-29)30-21-18-27(24-32(30)39)25-12-8-6-9-13-25/h6-21,24,31,33-34,39H,22-23H2,1-5H3/t31-,33+,34-/m1/s1. The van der Waals surface area contributed by atoms with E-state index in [1.165, 1.54) is 12.1 Å². The molecule has 1 saturated heterocycles. The van der Waals surface area contributed by atoms with Crippen LogP contribution in [0, 0.1) is 11.7 Å². The Morgan fingerprint density at radius 2 is 1.50 bits per heavy atom. The first-order valence-electron chi connectivity index (χ1n) is 14.7. The maximum absolute atomic E-state index is 13.8. The number of para-hydroxylation sites is 1. The second-order valence-electron chi connectivity index (χ2n) is 12.7. The van der Waals surface area contributed by atoms with E-state index in [0.29, 0.717) is 12.8 Å². The van der Waals surface area contributed by atoms with Gasteiger partial charge >= 0.3 is 0 Å². The Labute approximate surface area is 249 Å². The van der Waals surface area contributed by atoms with E-state index in [0.717, 1.165) is 27.9 Å². The zero-order valence-electron chi connectivity index (χ0n) is 25.1. The van der Waals surface area contributed by atoms with Crippen molar-refractivity contribution in [2.75, 3.05) is 4.90 Å². The first-order valence-corrected chi connectivity index (χ1v) is 17.6. The molecule has 42 heavy (non-hydrogen) atoms. The number of carbonyl (C=O) groups excluding carboxylic acids is 1. The Morgan fingerprint density at radius 3 is 2.10 bits per heavy atom. The zero-order valence-corrected chi connectivity index (χ0v) is 26.1. The summed E-state index contributed by atoms with van der Waals surface area (Å²) in [6, 6.07) is 31.5. The highest BCUT2D eigenvalue weighted by molar-refractivity contribution is 6.74. The van der Waals surface area contributed by atoms with Gasteiger partial charge in [0.05, 0.1) is 18.1 Å². The van der Waals surface area contributed by atoms with Crippen molar-refractivity contribution in [1.29, 1.82) is 0 Å². The molecule has 0 bridgehead atoms. The van der Waals surface area contributed by atoms with Crippen LogP contribution in [0.4, 0.5) is 10.1 Å². The molecule has 0 aromatic heterocycles. The minimum atomic E-state index is -2.17. The molecule has 0 radical (unpaired) electrons. The lowest BCUT2D eigenvalue weighted by molar-refractivity contribution is -0.131. The van der Waals surface area contributed by atoms with Crippen LogP contribution in [-0.4, -0.2) is 19.3 Å². The molecule has 4 nitrogen and oxygen atoms in total. The van der Waals surface area contributed by atoms with Gasteiger partial charge in [0.2, 0.25) is 5.91 Å². The summed E-state index contributed by atoms with van der Waals surface area (Å²) in [5, 5.41) is 11.3. The number of phenols is 1. The Balaban J connectivity index is 1.46. The van der Waals surface area contributed by atoms with E-state index in [-0.39, 0.29) is 40.6 Å². The average Bonchev–Trinajstić information content (AvgIpc) is 2.96. The minimum Gasteiger partial charge on any atom is -0.508 e. The maximum atomic E-state index is 13.8. The summed E-state index contributed by atoms with van der Waals surface area (Å²) in [7, 11) is -2.17. The van der Waals surface area contributed by atoms with Crippen molar-refractivity contribution in [3.05, 3.63) is 120 Å². The molecule has 5 rings (SSSR count). The predicted octanol–water partition coefficient (Wildman–Crippen LogP) is 9.45. The van der Waals surface area contributed by atoms with Crippen molar-refractivity contribution >= 4 is 19.9 Å². The first kappa shape index (κ1) is 29.7. The molecule has 1 fully saturated rings. The lowest BCUT2D eigenvalue weighted by Gasteiger charge is -2.48. The Bertz CT molecular complexity index is 1520. The van der Waals surface area contributed by atoms with Crippen molar-refractivity contribution in [3.63, 3.8) is 0 Å². The Hall–Kier alpha value is -3.74. The molecule has 0 saturated carbocycles. The fraction of sp³-hybridized carbons (Fsp3) is 0.306. The topological polar surface area (TPSA) is 49.8 Å². The smallest absolute Gasteiger partial charge is 0.233 e. The number of anilines is 1. The third kappa shape index (κ3) is 6.06. The number of β-lactam (4-membered cyclic amide) rings is 1. The van der Waals surface area contributed by atoms with Crippen LogP contribution in [0.25, 0.3) is 11.1 Å². The van der Waals surface area contributed by atoms with E-state index in [1.54, 1.807) is 23.1 Å². The normalized spacial score (nSPS) is 18.0. The molecule has 3 atom stereocenters. The third-order valence-electron chi connectivity index (χ3n) is 8.93. The van der Waals surface area contributed by atoms with Crippen LogP contribution in [0.3, 0.4) is 0 Å². The summed E-state index contributed by atoms with van der Waals surface area (Å²) in [6.07, 6.45) is 0.916. The highest BCUT2D eigenvalue weighted by Crippen LogP contribution is 2.50. The quantitative estimate of drug-likeness (QED) is 0.158. The van der Waals surface area contributed by atoms with Crippen LogP contribution in [0.15, 0.2) is 103 Å². The van der Waals surface area contributed by atoms with Crippen LogP contribution in [0.5, 0.6) is 5.75 Å². The lowest BCUT2D eigenvalue weighted by Crippen LogP contribution is -2.55. The van der Waals surface area contributed by atoms with E-state index < -0.39 is 8.32 Å². The molecular weight excluding hydrogens is 541 g/mol.